The molecule has 0 aliphatic rings. The van der Waals surface area contributed by atoms with Crippen LogP contribution in [0.5, 0.6) is 0 Å². The van der Waals surface area contributed by atoms with Crippen LogP contribution in [0.4, 0.5) is 0 Å². The van der Waals surface area contributed by atoms with Crippen molar-refractivity contribution in [1.29, 1.82) is 5.26 Å². The van der Waals surface area contributed by atoms with Crippen LogP contribution in [0.3, 0.4) is 0 Å². The minimum atomic E-state index is -0.547. The summed E-state index contributed by atoms with van der Waals surface area (Å²) >= 11 is 1.57. The Bertz CT molecular complexity index is 412. The normalized spacial score (nSPS) is 14.1. The van der Waals surface area contributed by atoms with Crippen molar-refractivity contribution in [2.75, 3.05) is 12.4 Å². The van der Waals surface area contributed by atoms with Crippen molar-refractivity contribution < 1.29 is 10.2 Å². The highest BCUT2D eigenvalue weighted by Crippen LogP contribution is 2.29. The van der Waals surface area contributed by atoms with Crippen molar-refractivity contribution in [1.82, 2.24) is 0 Å². The zero-order valence-electron chi connectivity index (χ0n) is 10.1. The van der Waals surface area contributed by atoms with Gasteiger partial charge in [0.25, 0.3) is 0 Å². The van der Waals surface area contributed by atoms with Crippen molar-refractivity contribution in [3.63, 3.8) is 0 Å². The monoisotopic (exact) mass is 251 g/mol. The smallest absolute Gasteiger partial charge is 0.0992 e. The topological polar surface area (TPSA) is 64.2 Å². The molecule has 0 radical (unpaired) electrons. The van der Waals surface area contributed by atoms with E-state index in [2.05, 4.69) is 6.07 Å². The van der Waals surface area contributed by atoms with Gasteiger partial charge in [0, 0.05) is 17.3 Å². The molecule has 4 heteroatoms. The van der Waals surface area contributed by atoms with E-state index in [1.54, 1.807) is 36.9 Å². The van der Waals surface area contributed by atoms with Gasteiger partial charge in [-0.25, -0.2) is 0 Å². The number of aliphatic hydroxyl groups excluding tert-OH is 2. The molecule has 0 spiro atoms. The molecular weight excluding hydrogens is 234 g/mol. The summed E-state index contributed by atoms with van der Waals surface area (Å²) in [5, 5.41) is 27.5. The van der Waals surface area contributed by atoms with Gasteiger partial charge in [0.2, 0.25) is 0 Å². The van der Waals surface area contributed by atoms with E-state index in [4.69, 9.17) is 10.4 Å². The standard InChI is InChI=1S/C13H17NO2S/c1-9(7-15)8-17-13-5-11(6-14)3-4-12(13)10(2)16/h3-5,9-10,15-16H,7-8H2,1-2H3. The van der Waals surface area contributed by atoms with E-state index >= 15 is 0 Å². The molecule has 1 aromatic rings. The number of thioether (sulfide) groups is 1. The molecule has 17 heavy (non-hydrogen) atoms. The second-order valence-electron chi connectivity index (χ2n) is 4.14. The minimum Gasteiger partial charge on any atom is -0.396 e. The molecule has 0 fully saturated rings. The predicted molar refractivity (Wildman–Crippen MR) is 68.8 cm³/mol. The second kappa shape index (κ2) is 6.65. The quantitative estimate of drug-likeness (QED) is 0.788. The molecule has 0 bridgehead atoms. The van der Waals surface area contributed by atoms with Gasteiger partial charge < -0.3 is 10.2 Å². The summed E-state index contributed by atoms with van der Waals surface area (Å²) in [5.41, 5.74) is 1.42. The molecule has 2 atom stereocenters. The van der Waals surface area contributed by atoms with Gasteiger partial charge >= 0.3 is 0 Å². The van der Waals surface area contributed by atoms with Crippen LogP contribution >= 0.6 is 11.8 Å². The Morgan fingerprint density at radius 2 is 2.12 bits per heavy atom. The lowest BCUT2D eigenvalue weighted by Crippen LogP contribution is -2.04. The molecule has 0 aliphatic heterocycles. The maximum Gasteiger partial charge on any atom is 0.0992 e. The largest absolute Gasteiger partial charge is 0.396 e. The van der Waals surface area contributed by atoms with Crippen molar-refractivity contribution in [2.45, 2.75) is 24.8 Å². The Kier molecular flexibility index (Phi) is 5.49. The van der Waals surface area contributed by atoms with Crippen LogP contribution in [0.15, 0.2) is 23.1 Å². The molecule has 2 N–H and O–H groups in total. The van der Waals surface area contributed by atoms with E-state index in [0.29, 0.717) is 5.56 Å². The first-order valence-electron chi connectivity index (χ1n) is 5.54. The molecule has 0 saturated heterocycles. The zero-order valence-corrected chi connectivity index (χ0v) is 10.9. The van der Waals surface area contributed by atoms with Crippen molar-refractivity contribution >= 4 is 11.8 Å². The molecule has 0 aliphatic carbocycles. The van der Waals surface area contributed by atoms with Crippen molar-refractivity contribution in [3.8, 4) is 6.07 Å². The lowest BCUT2D eigenvalue weighted by Gasteiger charge is -2.13. The van der Waals surface area contributed by atoms with Gasteiger partial charge in [-0.05, 0) is 30.5 Å². The van der Waals surface area contributed by atoms with E-state index in [0.717, 1.165) is 16.2 Å². The molecule has 92 valence electrons. The van der Waals surface area contributed by atoms with Crippen LogP contribution in [0.1, 0.15) is 31.1 Å². The van der Waals surface area contributed by atoms with Crippen LogP contribution in [-0.4, -0.2) is 22.6 Å². The van der Waals surface area contributed by atoms with Crippen LogP contribution in [0, 0.1) is 17.2 Å². The van der Waals surface area contributed by atoms with Gasteiger partial charge in [-0.15, -0.1) is 11.8 Å². The summed E-state index contributed by atoms with van der Waals surface area (Å²) in [5.74, 6) is 0.970. The zero-order chi connectivity index (χ0) is 12.8. The summed E-state index contributed by atoms with van der Waals surface area (Å²) < 4.78 is 0. The Morgan fingerprint density at radius 1 is 1.41 bits per heavy atom. The van der Waals surface area contributed by atoms with Gasteiger partial charge in [-0.1, -0.05) is 13.0 Å². The van der Waals surface area contributed by atoms with Crippen LogP contribution < -0.4 is 0 Å². The van der Waals surface area contributed by atoms with E-state index in [9.17, 15) is 5.11 Å². The van der Waals surface area contributed by atoms with Gasteiger partial charge in [-0.2, -0.15) is 5.26 Å². The van der Waals surface area contributed by atoms with E-state index in [1.165, 1.54) is 0 Å². The number of hydrogen-bond acceptors (Lipinski definition) is 4. The molecule has 1 rings (SSSR count). The first kappa shape index (κ1) is 14.0. The van der Waals surface area contributed by atoms with Gasteiger partial charge in [-0.3, -0.25) is 0 Å². The summed E-state index contributed by atoms with van der Waals surface area (Å²) in [6.45, 7) is 3.82. The summed E-state index contributed by atoms with van der Waals surface area (Å²) in [7, 11) is 0. The first-order chi connectivity index (χ1) is 8.08. The Balaban J connectivity index is 2.90. The summed E-state index contributed by atoms with van der Waals surface area (Å²) in [6, 6.07) is 7.38. The Hall–Kier alpha value is -1.02. The molecule has 0 aromatic heterocycles. The van der Waals surface area contributed by atoms with Crippen molar-refractivity contribution in [3.05, 3.63) is 29.3 Å². The molecule has 0 amide bonds. The van der Waals surface area contributed by atoms with Gasteiger partial charge in [0.05, 0.1) is 17.7 Å². The van der Waals surface area contributed by atoms with Crippen LogP contribution in [0.25, 0.3) is 0 Å². The number of hydrogen-bond donors (Lipinski definition) is 2. The maximum atomic E-state index is 9.64. The molecule has 3 nitrogen and oxygen atoms in total. The number of aliphatic hydroxyl groups is 2. The third-order valence-corrected chi connectivity index (χ3v) is 3.83. The molecule has 0 heterocycles. The highest BCUT2D eigenvalue weighted by Gasteiger charge is 2.11. The predicted octanol–water partition coefficient (Wildman–Crippen LogP) is 2.33. The first-order valence-corrected chi connectivity index (χ1v) is 6.52. The number of rotatable bonds is 5. The van der Waals surface area contributed by atoms with E-state index in [-0.39, 0.29) is 12.5 Å². The summed E-state index contributed by atoms with van der Waals surface area (Å²) in [6.07, 6.45) is -0.547. The third-order valence-electron chi connectivity index (χ3n) is 2.43. The Morgan fingerprint density at radius 3 is 2.65 bits per heavy atom. The lowest BCUT2D eigenvalue weighted by molar-refractivity contribution is 0.196. The molecule has 2 unspecified atom stereocenters. The van der Waals surface area contributed by atoms with Crippen molar-refractivity contribution in [2.24, 2.45) is 5.92 Å². The summed E-state index contributed by atoms with van der Waals surface area (Å²) in [4.78, 5) is 0.916. The lowest BCUT2D eigenvalue weighted by atomic mass is 10.1. The van der Waals surface area contributed by atoms with Crippen LogP contribution in [0.2, 0.25) is 0 Å². The van der Waals surface area contributed by atoms with Gasteiger partial charge in [0.15, 0.2) is 0 Å². The third kappa shape index (κ3) is 4.04. The van der Waals surface area contributed by atoms with E-state index in [1.807, 2.05) is 6.92 Å². The second-order valence-corrected chi connectivity index (χ2v) is 5.20. The van der Waals surface area contributed by atoms with E-state index < -0.39 is 6.10 Å². The van der Waals surface area contributed by atoms with Crippen LogP contribution in [-0.2, 0) is 0 Å². The fourth-order valence-electron chi connectivity index (χ4n) is 1.36. The number of benzene rings is 1. The average Bonchev–Trinajstić information content (AvgIpc) is 2.35. The average molecular weight is 251 g/mol. The number of nitriles is 1. The SMILES string of the molecule is CC(CO)CSc1cc(C#N)ccc1C(C)O. The molecule has 1 aromatic carbocycles. The fourth-order valence-corrected chi connectivity index (χ4v) is 2.54. The molecular formula is C13H17NO2S. The fraction of sp³-hybridized carbons (Fsp3) is 0.462. The minimum absolute atomic E-state index is 0.148. The molecule has 0 saturated carbocycles. The van der Waals surface area contributed by atoms with Gasteiger partial charge in [0.1, 0.15) is 0 Å². The maximum absolute atomic E-state index is 9.64. The number of nitrogens with zero attached hydrogens (tertiary/aromatic N) is 1. The highest BCUT2D eigenvalue weighted by molar-refractivity contribution is 7.99. The highest BCUT2D eigenvalue weighted by atomic mass is 32.2. The Labute approximate surface area is 106 Å².